The lowest BCUT2D eigenvalue weighted by Crippen LogP contribution is -2.60. The molecule has 0 aliphatic carbocycles. The minimum absolute atomic E-state index is 0.0457. The molecule has 0 aromatic heterocycles. The van der Waals surface area contributed by atoms with Crippen molar-refractivity contribution < 1.29 is 65.0 Å². The predicted octanol–water partition coefficient (Wildman–Crippen LogP) is -0.932. The molecule has 3 aliphatic rings. The zero-order valence-electron chi connectivity index (χ0n) is 21.8. The molecule has 0 amide bonds. The molecule has 2 aromatic rings. The fraction of sp³-hybridized carbons (Fsp3) is 0.519. The topological polar surface area (TPSA) is 230 Å². The fourth-order valence-electron chi connectivity index (χ4n) is 5.62. The van der Waals surface area contributed by atoms with E-state index in [9.17, 15) is 50.8 Å². The van der Waals surface area contributed by atoms with E-state index in [0.717, 1.165) is 0 Å². The minimum Gasteiger partial charge on any atom is -0.507 e. The molecule has 14 nitrogen and oxygen atoms in total. The summed E-state index contributed by atoms with van der Waals surface area (Å²) in [4.78, 5) is 13.6. The average molecular weight is 580 g/mol. The van der Waals surface area contributed by atoms with Crippen LogP contribution in [0.3, 0.4) is 0 Å². The van der Waals surface area contributed by atoms with E-state index in [1.807, 2.05) is 0 Å². The summed E-state index contributed by atoms with van der Waals surface area (Å²) >= 11 is 0. The fourth-order valence-corrected chi connectivity index (χ4v) is 5.62. The van der Waals surface area contributed by atoms with Crippen LogP contribution < -0.4 is 9.47 Å². The molecule has 0 saturated carbocycles. The molecule has 0 bridgehead atoms. The quantitative estimate of drug-likeness (QED) is 0.181. The monoisotopic (exact) mass is 579 g/mol. The summed E-state index contributed by atoms with van der Waals surface area (Å²) in [7, 11) is 0. The highest BCUT2D eigenvalue weighted by atomic mass is 16.7. The van der Waals surface area contributed by atoms with Crippen molar-refractivity contribution in [1.29, 1.82) is 0 Å². The number of hydrogen-bond acceptors (Lipinski definition) is 13. The standard InChI is InChI=1S/C27H33NO13/c29-10-20-21(34)22(35)23(36)27(40-20)39-19-8-16(31)12-7-18(33)24(11-3-4-15(30)17(32)6-11)41-25(12)13(19)9-28-5-1-2-14(28)26(37)38/h3-4,6,8,14,18,20-24,27,29-36H,1-2,5,7,9-10H2,(H,37,38)/t14?,18-,20+,21+,22-,23+,24+,27+/m0/s1. The van der Waals surface area contributed by atoms with Crippen molar-refractivity contribution in [3.63, 3.8) is 0 Å². The first-order valence-electron chi connectivity index (χ1n) is 13.2. The third kappa shape index (κ3) is 5.47. The molecule has 3 heterocycles. The van der Waals surface area contributed by atoms with E-state index in [2.05, 4.69) is 0 Å². The lowest BCUT2D eigenvalue weighted by Gasteiger charge is -2.40. The van der Waals surface area contributed by atoms with Gasteiger partial charge < -0.3 is 60.2 Å². The van der Waals surface area contributed by atoms with E-state index in [1.165, 1.54) is 24.3 Å². The summed E-state index contributed by atoms with van der Waals surface area (Å²) in [6.45, 7) is -0.316. The van der Waals surface area contributed by atoms with Crippen LogP contribution in [0.2, 0.25) is 0 Å². The van der Waals surface area contributed by atoms with Gasteiger partial charge in [-0.3, -0.25) is 9.69 Å². The summed E-state index contributed by atoms with van der Waals surface area (Å²) in [5, 5.41) is 91.8. The number of fused-ring (bicyclic) bond motifs is 1. The molecule has 0 radical (unpaired) electrons. The lowest BCUT2D eigenvalue weighted by atomic mass is 9.91. The second-order valence-corrected chi connectivity index (χ2v) is 10.5. The zero-order chi connectivity index (χ0) is 29.6. The van der Waals surface area contributed by atoms with Gasteiger partial charge in [-0.15, -0.1) is 0 Å². The van der Waals surface area contributed by atoms with Gasteiger partial charge >= 0.3 is 5.97 Å². The Labute approximate surface area is 233 Å². The molecule has 5 rings (SSSR count). The summed E-state index contributed by atoms with van der Waals surface area (Å²) in [5.41, 5.74) is 0.774. The Morgan fingerprint density at radius 2 is 1.76 bits per heavy atom. The van der Waals surface area contributed by atoms with Crippen LogP contribution >= 0.6 is 0 Å². The van der Waals surface area contributed by atoms with Gasteiger partial charge in [0.15, 0.2) is 11.5 Å². The van der Waals surface area contributed by atoms with Gasteiger partial charge in [-0.1, -0.05) is 6.07 Å². The molecule has 2 saturated heterocycles. The molecule has 1 unspecified atom stereocenters. The highest BCUT2D eigenvalue weighted by molar-refractivity contribution is 5.74. The zero-order valence-corrected chi connectivity index (χ0v) is 21.8. The number of rotatable bonds is 7. The number of aliphatic hydroxyl groups is 5. The molecule has 14 heteroatoms. The minimum atomic E-state index is -1.76. The first-order valence-corrected chi connectivity index (χ1v) is 13.2. The number of ether oxygens (including phenoxy) is 3. The lowest BCUT2D eigenvalue weighted by molar-refractivity contribution is -0.277. The van der Waals surface area contributed by atoms with Gasteiger partial charge in [0.05, 0.1) is 18.3 Å². The number of carboxylic acid groups (broad SMARTS) is 1. The van der Waals surface area contributed by atoms with Gasteiger partial charge in [0.2, 0.25) is 6.29 Å². The third-order valence-corrected chi connectivity index (χ3v) is 7.86. The third-order valence-electron chi connectivity index (χ3n) is 7.86. The van der Waals surface area contributed by atoms with Gasteiger partial charge in [0, 0.05) is 24.6 Å². The Morgan fingerprint density at radius 3 is 2.44 bits per heavy atom. The molecular formula is C27H33NO13. The molecule has 224 valence electrons. The van der Waals surface area contributed by atoms with E-state index < -0.39 is 67.3 Å². The van der Waals surface area contributed by atoms with Crippen molar-refractivity contribution >= 4 is 5.97 Å². The highest BCUT2D eigenvalue weighted by Crippen LogP contribution is 2.47. The van der Waals surface area contributed by atoms with Crippen LogP contribution in [-0.2, 0) is 22.5 Å². The largest absolute Gasteiger partial charge is 0.507 e. The van der Waals surface area contributed by atoms with E-state index in [1.54, 1.807) is 4.90 Å². The van der Waals surface area contributed by atoms with E-state index in [-0.39, 0.29) is 47.1 Å². The summed E-state index contributed by atoms with van der Waals surface area (Å²) in [6, 6.07) is 4.28. The molecule has 0 spiro atoms. The van der Waals surface area contributed by atoms with Crippen LogP contribution in [0.25, 0.3) is 0 Å². The van der Waals surface area contributed by atoms with Crippen molar-refractivity contribution in [2.75, 3.05) is 13.2 Å². The second kappa shape index (κ2) is 11.5. The number of likely N-dealkylation sites (tertiary alicyclic amines) is 1. The Hall–Kier alpha value is -3.37. The number of benzene rings is 2. The average Bonchev–Trinajstić information content (AvgIpc) is 3.41. The first-order chi connectivity index (χ1) is 19.5. The number of phenolic OH excluding ortho intramolecular Hbond substituents is 3. The Bertz CT molecular complexity index is 1290. The molecule has 3 aliphatic heterocycles. The van der Waals surface area contributed by atoms with Gasteiger partial charge in [0.1, 0.15) is 53.8 Å². The van der Waals surface area contributed by atoms with Crippen LogP contribution in [0.1, 0.15) is 35.6 Å². The second-order valence-electron chi connectivity index (χ2n) is 10.5. The number of phenols is 3. The molecule has 2 fully saturated rings. The van der Waals surface area contributed by atoms with Crippen molar-refractivity contribution in [3.05, 3.63) is 41.0 Å². The summed E-state index contributed by atoms with van der Waals surface area (Å²) in [5.74, 6) is -2.20. The van der Waals surface area contributed by atoms with Crippen LogP contribution in [-0.4, -0.2) is 113 Å². The molecule has 9 N–H and O–H groups in total. The Morgan fingerprint density at radius 1 is 1.00 bits per heavy atom. The smallest absolute Gasteiger partial charge is 0.320 e. The van der Waals surface area contributed by atoms with Crippen LogP contribution in [0.5, 0.6) is 28.7 Å². The SMILES string of the molecule is O=C(O)C1CCCN1Cc1c(O[C@@H]2O[C@H](CO)[C@@H](O)[C@H](O)[C@H]2O)cc(O)c2c1O[C@H](c1ccc(O)c(O)c1)[C@@H](O)C2. The van der Waals surface area contributed by atoms with Gasteiger partial charge in [-0.25, -0.2) is 0 Å². The molecule has 41 heavy (non-hydrogen) atoms. The number of aliphatic hydroxyl groups excluding tert-OH is 5. The van der Waals surface area contributed by atoms with Crippen LogP contribution in [0.4, 0.5) is 0 Å². The maximum Gasteiger partial charge on any atom is 0.320 e. The number of carbonyl (C=O) groups is 1. The van der Waals surface area contributed by atoms with Crippen molar-refractivity contribution in [3.8, 4) is 28.7 Å². The highest BCUT2D eigenvalue weighted by Gasteiger charge is 2.46. The molecule has 8 atom stereocenters. The Kier molecular flexibility index (Phi) is 8.16. The molecule has 2 aromatic carbocycles. The number of nitrogens with zero attached hydrogens (tertiary/aromatic N) is 1. The van der Waals surface area contributed by atoms with E-state index in [0.29, 0.717) is 24.9 Å². The van der Waals surface area contributed by atoms with Crippen molar-refractivity contribution in [1.82, 2.24) is 4.90 Å². The van der Waals surface area contributed by atoms with E-state index >= 15 is 0 Å². The first kappa shape index (κ1) is 29.1. The van der Waals surface area contributed by atoms with Gasteiger partial charge in [-0.05, 0) is 37.1 Å². The summed E-state index contributed by atoms with van der Waals surface area (Å²) in [6.07, 6.45) is -9.31. The van der Waals surface area contributed by atoms with Crippen LogP contribution in [0, 0.1) is 0 Å². The number of carboxylic acids is 1. The van der Waals surface area contributed by atoms with Crippen molar-refractivity contribution in [2.24, 2.45) is 0 Å². The predicted molar refractivity (Wildman–Crippen MR) is 136 cm³/mol. The van der Waals surface area contributed by atoms with Gasteiger partial charge in [-0.2, -0.15) is 0 Å². The van der Waals surface area contributed by atoms with E-state index in [4.69, 9.17) is 14.2 Å². The van der Waals surface area contributed by atoms with Gasteiger partial charge in [0.25, 0.3) is 0 Å². The van der Waals surface area contributed by atoms with Crippen molar-refractivity contribution in [2.45, 2.75) is 74.8 Å². The number of aromatic hydroxyl groups is 3. The number of hydrogen-bond donors (Lipinski definition) is 9. The Balaban J connectivity index is 1.57. The summed E-state index contributed by atoms with van der Waals surface area (Å²) < 4.78 is 17.6. The molecular weight excluding hydrogens is 546 g/mol. The normalized spacial score (nSPS) is 31.8. The maximum atomic E-state index is 11.9. The van der Waals surface area contributed by atoms with Crippen LogP contribution in [0.15, 0.2) is 24.3 Å². The number of aliphatic carboxylic acids is 1. The maximum absolute atomic E-state index is 11.9.